The van der Waals surface area contributed by atoms with Crippen molar-refractivity contribution in [2.75, 3.05) is 6.61 Å². The minimum Gasteiger partial charge on any atom is -0.478 e. The van der Waals surface area contributed by atoms with Gasteiger partial charge >= 0.3 is 17.5 Å². The first-order chi connectivity index (χ1) is 6.45. The van der Waals surface area contributed by atoms with E-state index in [9.17, 15) is 9.59 Å². The molecule has 0 aliphatic heterocycles. The summed E-state index contributed by atoms with van der Waals surface area (Å²) in [7, 11) is 0. The van der Waals surface area contributed by atoms with E-state index < -0.39 is 24.1 Å². The fourth-order valence-corrected chi connectivity index (χ4v) is 0.404. The van der Waals surface area contributed by atoms with Gasteiger partial charge in [-0.3, -0.25) is 0 Å². The van der Waals surface area contributed by atoms with Crippen LogP contribution in [-0.2, 0) is 9.59 Å². The molecule has 0 aliphatic carbocycles. The molecule has 0 rings (SSSR count). The molecule has 0 amide bonds. The van der Waals surface area contributed by atoms with Crippen LogP contribution in [0.3, 0.4) is 0 Å². The van der Waals surface area contributed by atoms with E-state index in [0.29, 0.717) is 0 Å². The first kappa shape index (κ1) is 12.0. The highest BCUT2D eigenvalue weighted by molar-refractivity contribution is 6.05. The predicted molar refractivity (Wildman–Crippen MR) is 42.9 cm³/mol. The average Bonchev–Trinajstić information content (AvgIpc) is 2.11. The predicted octanol–water partition coefficient (Wildman–Crippen LogP) is -2.11. The van der Waals surface area contributed by atoms with Crippen LogP contribution in [0.4, 0.5) is 0 Å². The standard InChI is InChI=1S/C8H6O6/c9-5-3-1-2-4-8(14,6(10)11)7(12)13/h9,14H,5H2,(H,10,11)(H,12,13). The van der Waals surface area contributed by atoms with Crippen LogP contribution < -0.4 is 0 Å². The maximum Gasteiger partial charge on any atom is 0.360 e. The zero-order valence-electron chi connectivity index (χ0n) is 6.81. The second-order valence-corrected chi connectivity index (χ2v) is 2.03. The van der Waals surface area contributed by atoms with Crippen molar-refractivity contribution < 1.29 is 30.0 Å². The summed E-state index contributed by atoms with van der Waals surface area (Å²) in [6.45, 7) is -0.493. The minimum atomic E-state index is -3.16. The van der Waals surface area contributed by atoms with E-state index in [2.05, 4.69) is 0 Å². The Morgan fingerprint density at radius 3 is 2.00 bits per heavy atom. The topological polar surface area (TPSA) is 115 Å². The monoisotopic (exact) mass is 198 g/mol. The third-order valence-electron chi connectivity index (χ3n) is 1.09. The molecule has 0 atom stereocenters. The molecule has 74 valence electrons. The molecule has 0 aromatic heterocycles. The van der Waals surface area contributed by atoms with E-state index in [4.69, 9.17) is 20.4 Å². The van der Waals surface area contributed by atoms with Gasteiger partial charge in [0.15, 0.2) is 0 Å². The lowest BCUT2D eigenvalue weighted by Crippen LogP contribution is -2.45. The molecule has 0 aromatic rings. The Morgan fingerprint density at radius 1 is 1.14 bits per heavy atom. The number of hydrogen-bond acceptors (Lipinski definition) is 4. The number of carboxylic acid groups (broad SMARTS) is 2. The SMILES string of the molecule is O=C(O)C(O)(C#CC#CCO)C(=O)O. The maximum atomic E-state index is 10.3. The van der Waals surface area contributed by atoms with Gasteiger partial charge < -0.3 is 20.4 Å². The van der Waals surface area contributed by atoms with Gasteiger partial charge in [0, 0.05) is 0 Å². The molecule has 0 saturated carbocycles. The lowest BCUT2D eigenvalue weighted by molar-refractivity contribution is -0.168. The molecule has 6 heteroatoms. The molecule has 0 radical (unpaired) electrons. The molecule has 0 heterocycles. The summed E-state index contributed by atoms with van der Waals surface area (Å²) in [4.78, 5) is 20.6. The molecule has 0 saturated heterocycles. The second kappa shape index (κ2) is 4.87. The number of carboxylic acids is 2. The zero-order valence-corrected chi connectivity index (χ0v) is 6.81. The number of hydrogen-bond donors (Lipinski definition) is 4. The molecule has 0 aliphatic rings. The summed E-state index contributed by atoms with van der Waals surface area (Å²) in [5, 5.41) is 33.8. The molecule has 0 fully saturated rings. The van der Waals surface area contributed by atoms with Crippen LogP contribution in [-0.4, -0.2) is 44.6 Å². The Hall–Kier alpha value is -2.02. The van der Waals surface area contributed by atoms with Crippen LogP contribution in [0.15, 0.2) is 0 Å². The van der Waals surface area contributed by atoms with Crippen LogP contribution in [0, 0.1) is 23.7 Å². The third kappa shape index (κ3) is 2.79. The Kier molecular flexibility index (Phi) is 4.17. The van der Waals surface area contributed by atoms with Gasteiger partial charge in [-0.1, -0.05) is 5.92 Å². The van der Waals surface area contributed by atoms with E-state index in [1.165, 1.54) is 0 Å². The van der Waals surface area contributed by atoms with Crippen molar-refractivity contribution in [3.05, 3.63) is 0 Å². The Morgan fingerprint density at radius 2 is 1.64 bits per heavy atom. The fraction of sp³-hybridized carbons (Fsp3) is 0.250. The van der Waals surface area contributed by atoms with E-state index in [1.807, 2.05) is 11.8 Å². The first-order valence-corrected chi connectivity index (χ1v) is 3.25. The molecular weight excluding hydrogens is 192 g/mol. The maximum absolute atomic E-state index is 10.3. The Bertz CT molecular complexity index is 347. The summed E-state index contributed by atoms with van der Waals surface area (Å²) in [5.74, 6) is 3.35. The third-order valence-corrected chi connectivity index (χ3v) is 1.09. The van der Waals surface area contributed by atoms with Crippen molar-refractivity contribution in [2.24, 2.45) is 0 Å². The highest BCUT2D eigenvalue weighted by Crippen LogP contribution is 2.02. The molecule has 14 heavy (non-hydrogen) atoms. The molecule has 0 spiro atoms. The van der Waals surface area contributed by atoms with Crippen molar-refractivity contribution in [3.63, 3.8) is 0 Å². The van der Waals surface area contributed by atoms with E-state index >= 15 is 0 Å². The van der Waals surface area contributed by atoms with Crippen molar-refractivity contribution in [1.82, 2.24) is 0 Å². The van der Waals surface area contributed by atoms with Gasteiger partial charge in [-0.2, -0.15) is 0 Å². The van der Waals surface area contributed by atoms with Gasteiger partial charge in [-0.05, 0) is 17.8 Å². The lowest BCUT2D eigenvalue weighted by Gasteiger charge is -2.09. The molecule has 0 aromatic carbocycles. The Balaban J connectivity index is 4.94. The van der Waals surface area contributed by atoms with Crippen molar-refractivity contribution in [1.29, 1.82) is 0 Å². The molecule has 0 unspecified atom stereocenters. The van der Waals surface area contributed by atoms with E-state index in [-0.39, 0.29) is 0 Å². The number of aliphatic hydroxyl groups is 2. The lowest BCUT2D eigenvalue weighted by atomic mass is 10.1. The highest BCUT2D eigenvalue weighted by Gasteiger charge is 2.43. The van der Waals surface area contributed by atoms with E-state index in [1.54, 1.807) is 11.8 Å². The minimum absolute atomic E-state index is 0.493. The quantitative estimate of drug-likeness (QED) is 0.298. The highest BCUT2D eigenvalue weighted by atomic mass is 16.4. The van der Waals surface area contributed by atoms with Crippen molar-refractivity contribution in [3.8, 4) is 23.7 Å². The van der Waals surface area contributed by atoms with Crippen LogP contribution in [0.2, 0.25) is 0 Å². The van der Waals surface area contributed by atoms with Crippen LogP contribution in [0.5, 0.6) is 0 Å². The van der Waals surface area contributed by atoms with Crippen LogP contribution in [0.1, 0.15) is 0 Å². The smallest absolute Gasteiger partial charge is 0.360 e. The van der Waals surface area contributed by atoms with Crippen LogP contribution >= 0.6 is 0 Å². The number of aliphatic carboxylic acids is 2. The average molecular weight is 198 g/mol. The molecular formula is C8H6O6. The number of rotatable bonds is 2. The summed E-state index contributed by atoms with van der Waals surface area (Å²) in [6.07, 6.45) is 0. The molecule has 0 bridgehead atoms. The summed E-state index contributed by atoms with van der Waals surface area (Å²) in [6, 6.07) is 0. The number of aliphatic hydroxyl groups excluding tert-OH is 1. The van der Waals surface area contributed by atoms with Crippen LogP contribution in [0.25, 0.3) is 0 Å². The number of carbonyl (C=O) groups is 2. The zero-order chi connectivity index (χ0) is 11.2. The van der Waals surface area contributed by atoms with Gasteiger partial charge in [0.1, 0.15) is 6.61 Å². The van der Waals surface area contributed by atoms with E-state index in [0.717, 1.165) is 0 Å². The normalized spacial score (nSPS) is 9.00. The van der Waals surface area contributed by atoms with Gasteiger partial charge in [0.2, 0.25) is 0 Å². The second-order valence-electron chi connectivity index (χ2n) is 2.03. The summed E-state index contributed by atoms with van der Waals surface area (Å²) in [5.41, 5.74) is -3.16. The van der Waals surface area contributed by atoms with Gasteiger partial charge in [-0.15, -0.1) is 0 Å². The Labute approximate surface area is 78.8 Å². The first-order valence-electron chi connectivity index (χ1n) is 3.25. The van der Waals surface area contributed by atoms with Gasteiger partial charge in [-0.25, -0.2) is 9.59 Å². The molecule has 6 nitrogen and oxygen atoms in total. The van der Waals surface area contributed by atoms with Crippen molar-refractivity contribution >= 4 is 11.9 Å². The molecule has 4 N–H and O–H groups in total. The largest absolute Gasteiger partial charge is 0.478 e. The summed E-state index contributed by atoms with van der Waals surface area (Å²) < 4.78 is 0. The van der Waals surface area contributed by atoms with Gasteiger partial charge in [0.05, 0.1) is 0 Å². The fourth-order valence-electron chi connectivity index (χ4n) is 0.404. The van der Waals surface area contributed by atoms with Gasteiger partial charge in [0.25, 0.3) is 0 Å². The van der Waals surface area contributed by atoms with Crippen molar-refractivity contribution in [2.45, 2.75) is 5.60 Å². The summed E-state index contributed by atoms with van der Waals surface area (Å²) >= 11 is 0.